The Balaban J connectivity index is -0.0000000112. The molecule has 0 aliphatic heterocycles. The van der Waals surface area contributed by atoms with Crippen molar-refractivity contribution in [2.45, 2.75) is 138 Å². The Labute approximate surface area is 474 Å². The SMILES string of the molecule is CC[O-].CC[O-].CC[O-].CC[O-].CC[O-].CC[O-].CC[O-].CC[O-].CC[O-].CC[O-].CC[O-].CC[O-].CC[O-].CC[O-].CC[O-].CC[O-].CC[O-].CC[O-].CC[O-].CC[O-].[W+4].[W+4].[W+4].[W+4].[W+4]. The predicted molar refractivity (Wildman–Crippen MR) is 211 cm³/mol. The quantitative estimate of drug-likeness (QED) is 0.217. The summed E-state index contributed by atoms with van der Waals surface area (Å²) in [6.07, 6.45) is 0. The van der Waals surface area contributed by atoms with Crippen LogP contribution in [0.5, 0.6) is 0 Å². The molecule has 0 unspecified atom stereocenters. The molecular weight excluding hydrogens is 1720 g/mol. The van der Waals surface area contributed by atoms with Crippen LogP contribution in [0.2, 0.25) is 0 Å². The molecule has 0 saturated heterocycles. The smallest absolute Gasteiger partial charge is 0.855 e. The first-order valence-corrected chi connectivity index (χ1v) is 19.9. The van der Waals surface area contributed by atoms with Gasteiger partial charge in [-0.3, -0.25) is 0 Å². The fraction of sp³-hybridized carbons (Fsp3) is 1.00. The molecule has 0 rings (SSSR count). The summed E-state index contributed by atoms with van der Waals surface area (Å²) in [5, 5.41) is 179. The van der Waals surface area contributed by atoms with Gasteiger partial charge in [0.25, 0.3) is 0 Å². The molecule has 0 heterocycles. The molecule has 0 amide bonds. The van der Waals surface area contributed by atoms with Crippen LogP contribution in [0.1, 0.15) is 138 Å². The van der Waals surface area contributed by atoms with E-state index in [2.05, 4.69) is 0 Å². The van der Waals surface area contributed by atoms with Gasteiger partial charge >= 0.3 is 105 Å². The third-order valence-electron chi connectivity index (χ3n) is 0. The summed E-state index contributed by atoms with van der Waals surface area (Å²) in [5.74, 6) is 0. The van der Waals surface area contributed by atoms with Crippen molar-refractivity contribution in [1.82, 2.24) is 0 Å². The molecule has 20 nitrogen and oxygen atoms in total. The Morgan fingerprint density at radius 1 is 0.108 bits per heavy atom. The molecule has 0 fully saturated rings. The fourth-order valence-electron chi connectivity index (χ4n) is 0. The minimum atomic E-state index is 0. The van der Waals surface area contributed by atoms with Gasteiger partial charge in [-0.1, -0.05) is 138 Å². The maximum absolute atomic E-state index is 8.93. The van der Waals surface area contributed by atoms with Crippen LogP contribution in [0.25, 0.3) is 0 Å². The van der Waals surface area contributed by atoms with Crippen molar-refractivity contribution >= 4 is 0 Å². The van der Waals surface area contributed by atoms with Crippen molar-refractivity contribution in [2.24, 2.45) is 0 Å². The van der Waals surface area contributed by atoms with Crippen LogP contribution >= 0.6 is 0 Å². The van der Waals surface area contributed by atoms with E-state index in [-0.39, 0.29) is 237 Å². The zero-order chi connectivity index (χ0) is 54.1. The van der Waals surface area contributed by atoms with Gasteiger partial charge in [0, 0.05) is 0 Å². The zero-order valence-electron chi connectivity index (χ0n) is 44.3. The van der Waals surface area contributed by atoms with Gasteiger partial charge in [-0.15, -0.1) is 132 Å². The van der Waals surface area contributed by atoms with Crippen molar-refractivity contribution in [1.29, 1.82) is 0 Å². The van der Waals surface area contributed by atoms with Crippen molar-refractivity contribution in [3.8, 4) is 0 Å². The van der Waals surface area contributed by atoms with Crippen molar-refractivity contribution in [2.75, 3.05) is 132 Å². The van der Waals surface area contributed by atoms with Gasteiger partial charge in [-0.05, 0) is 0 Å². The van der Waals surface area contributed by atoms with Crippen LogP contribution in [0.4, 0.5) is 0 Å². The van der Waals surface area contributed by atoms with E-state index in [0.29, 0.717) is 0 Å². The van der Waals surface area contributed by atoms with Crippen LogP contribution in [0.3, 0.4) is 0 Å². The molecule has 0 aromatic heterocycles. The molecule has 0 saturated carbocycles. The summed E-state index contributed by atoms with van der Waals surface area (Å²) in [4.78, 5) is 0. The first kappa shape index (κ1) is 165. The van der Waals surface area contributed by atoms with Crippen molar-refractivity contribution in [3.05, 3.63) is 0 Å². The second kappa shape index (κ2) is 560. The average molecular weight is 1820 g/mol. The summed E-state index contributed by atoms with van der Waals surface area (Å²) in [6.45, 7) is 31.4. The normalized spacial score (nSPS) is 5.54. The number of rotatable bonds is 0. The summed E-state index contributed by atoms with van der Waals surface area (Å²) >= 11 is 0. The fourth-order valence-corrected chi connectivity index (χ4v) is 0. The summed E-state index contributed by atoms with van der Waals surface area (Å²) in [7, 11) is 0. The number of hydrogen-bond acceptors (Lipinski definition) is 20. The van der Waals surface area contributed by atoms with E-state index >= 15 is 0 Å². The number of hydrogen-bond donors (Lipinski definition) is 0. The Kier molecular flexibility index (Phi) is 1420. The van der Waals surface area contributed by atoms with Gasteiger partial charge in [0.2, 0.25) is 0 Å². The Bertz CT molecular complexity index is 167. The monoisotopic (exact) mass is 1820 g/mol. The maximum atomic E-state index is 8.93. The van der Waals surface area contributed by atoms with Gasteiger partial charge < -0.3 is 102 Å². The van der Waals surface area contributed by atoms with E-state index < -0.39 is 0 Å². The minimum Gasteiger partial charge on any atom is -0.855 e. The van der Waals surface area contributed by atoms with E-state index in [1.807, 2.05) is 0 Å². The molecule has 0 bridgehead atoms. The molecule has 0 aliphatic rings. The van der Waals surface area contributed by atoms with E-state index in [1.165, 1.54) is 0 Å². The van der Waals surface area contributed by atoms with E-state index in [4.69, 9.17) is 102 Å². The van der Waals surface area contributed by atoms with E-state index in [9.17, 15) is 0 Å². The molecule has 0 aromatic carbocycles. The molecule has 0 aliphatic carbocycles. The molecule has 410 valence electrons. The van der Waals surface area contributed by atoms with Gasteiger partial charge in [0.15, 0.2) is 0 Å². The third kappa shape index (κ3) is 39900. The standard InChI is InChI=1S/20C2H5O.5W/c20*1-2-3;;;;;/h20*2H2,1H3;;;;;/q20*-1;5*+4. The van der Waals surface area contributed by atoms with E-state index in [1.54, 1.807) is 138 Å². The summed E-state index contributed by atoms with van der Waals surface area (Å²) < 4.78 is 0. The second-order valence-corrected chi connectivity index (χ2v) is 5.77. The van der Waals surface area contributed by atoms with Gasteiger partial charge in [-0.25, -0.2) is 0 Å². The molecular formula is C40H100O20W5. The van der Waals surface area contributed by atoms with Crippen LogP contribution in [0, 0.1) is 0 Å². The molecule has 0 atom stereocenters. The van der Waals surface area contributed by atoms with Crippen LogP contribution in [-0.4, -0.2) is 132 Å². The van der Waals surface area contributed by atoms with Crippen LogP contribution in [-0.2, 0) is 105 Å². The van der Waals surface area contributed by atoms with E-state index in [0.717, 1.165) is 0 Å². The molecule has 65 heavy (non-hydrogen) atoms. The largest absolute Gasteiger partial charge is 4.00 e. The average Bonchev–Trinajstić information content (AvgIpc) is 3.12. The maximum Gasteiger partial charge on any atom is 4.00 e. The summed E-state index contributed by atoms with van der Waals surface area (Å²) in [5.41, 5.74) is 0. The first-order valence-electron chi connectivity index (χ1n) is 19.9. The molecule has 0 spiro atoms. The van der Waals surface area contributed by atoms with Crippen LogP contribution in [0.15, 0.2) is 0 Å². The van der Waals surface area contributed by atoms with Crippen molar-refractivity contribution in [3.63, 3.8) is 0 Å². The Morgan fingerprint density at radius 3 is 0.108 bits per heavy atom. The minimum absolute atomic E-state index is 0. The molecule has 0 N–H and O–H groups in total. The van der Waals surface area contributed by atoms with Gasteiger partial charge in [-0.2, -0.15) is 0 Å². The summed E-state index contributed by atoms with van der Waals surface area (Å²) in [6, 6.07) is 0. The topological polar surface area (TPSA) is 461 Å². The van der Waals surface area contributed by atoms with Crippen molar-refractivity contribution < 1.29 is 207 Å². The third-order valence-corrected chi connectivity index (χ3v) is 0. The Hall–Kier alpha value is 2.64. The Morgan fingerprint density at radius 2 is 0.108 bits per heavy atom. The molecule has 0 aromatic rings. The first-order chi connectivity index (χ1) is 28.3. The molecule has 25 heteroatoms. The zero-order valence-corrected chi connectivity index (χ0v) is 59.0. The second-order valence-electron chi connectivity index (χ2n) is 5.77. The van der Waals surface area contributed by atoms with Crippen LogP contribution < -0.4 is 102 Å². The van der Waals surface area contributed by atoms with Gasteiger partial charge in [0.05, 0.1) is 0 Å². The molecule has 0 radical (unpaired) electrons. The predicted octanol–water partition coefficient (Wildman–Crippen LogP) is -12.7. The van der Waals surface area contributed by atoms with Gasteiger partial charge in [0.1, 0.15) is 0 Å².